The van der Waals surface area contributed by atoms with Crippen molar-refractivity contribution in [2.45, 2.75) is 0 Å². The molecule has 0 aliphatic heterocycles. The van der Waals surface area contributed by atoms with Gasteiger partial charge in [0.25, 0.3) is 12.5 Å². The summed E-state index contributed by atoms with van der Waals surface area (Å²) in [7, 11) is 0. The monoisotopic (exact) mass is 93.0 g/mol. The summed E-state index contributed by atoms with van der Waals surface area (Å²) in [6.07, 6.45) is 0. The third-order valence-electron chi connectivity index (χ3n) is 0. The van der Waals surface area contributed by atoms with E-state index in [-0.39, 0.29) is 29.6 Å². The van der Waals surface area contributed by atoms with Crippen molar-refractivity contribution in [3.8, 4) is 0 Å². The van der Waals surface area contributed by atoms with Gasteiger partial charge in [0, 0.05) is 29.6 Å². The Balaban J connectivity index is 0. The fourth-order valence-electron chi connectivity index (χ4n) is 0. The van der Waals surface area contributed by atoms with Crippen LogP contribution in [0.2, 0.25) is 0 Å². The summed E-state index contributed by atoms with van der Waals surface area (Å²) in [6, 6.07) is 0. The molecule has 4 heteroatoms. The van der Waals surface area contributed by atoms with E-state index >= 15 is 0 Å². The number of hydrogen-bond donors (Lipinski definition) is 0. The second-order valence-corrected chi connectivity index (χ2v) is 0.175. The first-order valence-electron chi connectivity index (χ1n) is 0.309. The quantitative estimate of drug-likeness (QED) is 0.404. The maximum absolute atomic E-state index is 9.54. The molecule has 0 aliphatic carbocycles. The van der Waals surface area contributed by atoms with Crippen LogP contribution in [0.1, 0.15) is 0 Å². The summed E-state index contributed by atoms with van der Waals surface area (Å²) < 4.78 is 19.1. The fraction of sp³-hybridized carbons (Fsp3) is 0. The Labute approximate surface area is 49.8 Å². The van der Waals surface area contributed by atoms with Crippen LogP contribution in [0.15, 0.2) is 0 Å². The molecule has 0 spiro atoms. The van der Waals surface area contributed by atoms with Crippen LogP contribution in [-0.2, 0) is 0 Å². The van der Waals surface area contributed by atoms with Crippen LogP contribution in [0.4, 0.5) is 7.77 Å². The van der Waals surface area contributed by atoms with Crippen molar-refractivity contribution < 1.29 is 7.77 Å². The van der Waals surface area contributed by atoms with E-state index in [9.17, 15) is 7.77 Å². The maximum Gasteiger partial charge on any atom is 0.255 e. The van der Waals surface area contributed by atoms with Crippen molar-refractivity contribution in [2.75, 3.05) is 0 Å². The molecule has 0 saturated heterocycles. The first-order valence-corrected chi connectivity index (χ1v) is 0.926. The van der Waals surface area contributed by atoms with E-state index in [4.69, 9.17) is 0 Å². The molecule has 0 unspecified atom stereocenters. The van der Waals surface area contributed by atoms with Crippen molar-refractivity contribution in [3.63, 3.8) is 0 Å². The molecule has 0 rings (SSSR count). The van der Waals surface area contributed by atoms with Gasteiger partial charge in [0.15, 0.2) is 0 Å². The molecule has 0 aromatic heterocycles. The minimum Gasteiger partial charge on any atom is -0.127 e. The Morgan fingerprint density at radius 2 is 1.25 bits per heavy atom. The normalized spacial score (nSPS) is 4.50. The smallest absolute Gasteiger partial charge is 0.127 e. The number of rotatable bonds is 0. The summed E-state index contributed by atoms with van der Waals surface area (Å²) in [5, 5.41) is 0. The molecule has 0 N–H and O–H groups in total. The van der Waals surface area contributed by atoms with Crippen molar-refractivity contribution in [1.29, 1.82) is 0 Å². The molecule has 0 aliphatic rings. The SMILES string of the molecule is FSF.[Na]. The van der Waals surface area contributed by atoms with Crippen molar-refractivity contribution in [2.24, 2.45) is 0 Å². The molecule has 0 heterocycles. The average Bonchev–Trinajstić information content (AvgIpc) is 0.918. The molecule has 0 aromatic rings. The van der Waals surface area contributed by atoms with Gasteiger partial charge in [0.2, 0.25) is 0 Å². The predicted molar refractivity (Wildman–Crippen MR) is 15.6 cm³/mol. The minimum absolute atomic E-state index is 0. The maximum atomic E-state index is 9.54. The molecule has 0 nitrogen and oxygen atoms in total. The van der Waals surface area contributed by atoms with Gasteiger partial charge in [-0.1, -0.05) is 0 Å². The average molecular weight is 93.1 g/mol. The van der Waals surface area contributed by atoms with E-state index in [0.717, 1.165) is 0 Å². The Morgan fingerprint density at radius 1 is 1.25 bits per heavy atom. The predicted octanol–water partition coefficient (Wildman–Crippen LogP) is 1.11. The van der Waals surface area contributed by atoms with Gasteiger partial charge in [0.05, 0.1) is 0 Å². The zero-order chi connectivity index (χ0) is 2.71. The van der Waals surface area contributed by atoms with Gasteiger partial charge in [-0.15, -0.1) is 7.77 Å². The third kappa shape index (κ3) is 10.7. The second kappa shape index (κ2) is 8.88. The Hall–Kier alpha value is 1.21. The summed E-state index contributed by atoms with van der Waals surface area (Å²) in [5.74, 6) is 0. The van der Waals surface area contributed by atoms with Crippen molar-refractivity contribution in [3.05, 3.63) is 0 Å². The molecule has 4 heavy (non-hydrogen) atoms. The molecule has 0 bridgehead atoms. The molecule has 0 atom stereocenters. The van der Waals surface area contributed by atoms with Gasteiger partial charge in [-0.3, -0.25) is 0 Å². The number of halogens is 2. The molecular formula is F2NaS. The molecular weight excluding hydrogens is 93.1 g/mol. The van der Waals surface area contributed by atoms with E-state index in [1.54, 1.807) is 0 Å². The van der Waals surface area contributed by atoms with Gasteiger partial charge >= 0.3 is 0 Å². The van der Waals surface area contributed by atoms with E-state index in [1.165, 1.54) is 0 Å². The minimum atomic E-state index is -1.25. The van der Waals surface area contributed by atoms with Crippen LogP contribution >= 0.6 is 12.5 Å². The summed E-state index contributed by atoms with van der Waals surface area (Å²) in [6.45, 7) is 0. The Bertz CT molecular complexity index is 6.00. The van der Waals surface area contributed by atoms with Gasteiger partial charge in [0.1, 0.15) is 0 Å². The largest absolute Gasteiger partial charge is 0.255 e. The molecule has 1 radical (unpaired) electrons. The van der Waals surface area contributed by atoms with E-state index < -0.39 is 12.5 Å². The molecule has 0 fully saturated rings. The van der Waals surface area contributed by atoms with Gasteiger partial charge in [-0.2, -0.15) is 0 Å². The topological polar surface area (TPSA) is 0 Å². The number of hydrogen-bond acceptors (Lipinski definition) is 1. The van der Waals surface area contributed by atoms with Crippen molar-refractivity contribution in [1.82, 2.24) is 0 Å². The summed E-state index contributed by atoms with van der Waals surface area (Å²) >= 11 is -1.25. The van der Waals surface area contributed by atoms with Crippen LogP contribution in [0.25, 0.3) is 0 Å². The van der Waals surface area contributed by atoms with Crippen LogP contribution in [0.3, 0.4) is 0 Å². The molecule has 0 aromatic carbocycles. The zero-order valence-corrected chi connectivity index (χ0v) is 4.98. The van der Waals surface area contributed by atoms with Crippen molar-refractivity contribution >= 4 is 42.1 Å². The van der Waals surface area contributed by atoms with Crippen LogP contribution in [0.5, 0.6) is 0 Å². The second-order valence-electron chi connectivity index (χ2n) is 0.0583. The Kier molecular flexibility index (Phi) is 19.9. The van der Waals surface area contributed by atoms with Crippen LogP contribution < -0.4 is 0 Å². The van der Waals surface area contributed by atoms with Crippen LogP contribution in [-0.4, -0.2) is 29.6 Å². The van der Waals surface area contributed by atoms with E-state index in [0.29, 0.717) is 0 Å². The fourth-order valence-corrected chi connectivity index (χ4v) is 0. The van der Waals surface area contributed by atoms with Gasteiger partial charge < -0.3 is 0 Å². The summed E-state index contributed by atoms with van der Waals surface area (Å²) in [5.41, 5.74) is 0. The first kappa shape index (κ1) is 8.96. The zero-order valence-electron chi connectivity index (χ0n) is 2.16. The van der Waals surface area contributed by atoms with E-state index in [1.807, 2.05) is 0 Å². The Morgan fingerprint density at radius 3 is 1.25 bits per heavy atom. The first-order chi connectivity index (χ1) is 1.41. The molecule has 0 amide bonds. The summed E-state index contributed by atoms with van der Waals surface area (Å²) in [4.78, 5) is 0. The molecule has 0 saturated carbocycles. The van der Waals surface area contributed by atoms with Gasteiger partial charge in [-0.05, 0) is 0 Å². The van der Waals surface area contributed by atoms with E-state index in [2.05, 4.69) is 0 Å². The van der Waals surface area contributed by atoms with Gasteiger partial charge in [-0.25, -0.2) is 0 Å². The standard InChI is InChI=1S/F2S.Na/c1-3-2;. The molecule has 21 valence electrons. The third-order valence-corrected chi connectivity index (χ3v) is 0. The van der Waals surface area contributed by atoms with Crippen LogP contribution in [0, 0.1) is 0 Å².